The molecule has 0 aliphatic carbocycles. The van der Waals surface area contributed by atoms with Crippen molar-refractivity contribution >= 4 is 11.3 Å². The number of methoxy groups -OCH3 is 1. The van der Waals surface area contributed by atoms with Gasteiger partial charge < -0.3 is 14.6 Å². The lowest BCUT2D eigenvalue weighted by atomic mass is 10.1. The molecule has 0 aromatic carbocycles. The second kappa shape index (κ2) is 7.82. The minimum atomic E-state index is -0.373. The molecule has 1 unspecified atom stereocenters. The Kier molecular flexibility index (Phi) is 6.59. The Morgan fingerprint density at radius 3 is 3.00 bits per heavy atom. The molecule has 3 nitrogen and oxygen atoms in total. The van der Waals surface area contributed by atoms with Crippen LogP contribution in [0.2, 0.25) is 0 Å². The first kappa shape index (κ1) is 12.6. The van der Waals surface area contributed by atoms with Crippen molar-refractivity contribution < 1.29 is 14.6 Å². The van der Waals surface area contributed by atoms with Gasteiger partial charge in [0.2, 0.25) is 0 Å². The molecule has 0 aliphatic heterocycles. The minimum absolute atomic E-state index is 0.373. The molecule has 0 bridgehead atoms. The maximum absolute atomic E-state index is 9.58. The molecule has 1 rings (SSSR count). The summed E-state index contributed by atoms with van der Waals surface area (Å²) in [6.07, 6.45) is 1.30. The van der Waals surface area contributed by atoms with Crippen LogP contribution in [-0.2, 0) is 15.9 Å². The largest absolute Gasteiger partial charge is 0.391 e. The van der Waals surface area contributed by atoms with Gasteiger partial charge >= 0.3 is 0 Å². The van der Waals surface area contributed by atoms with E-state index in [0.29, 0.717) is 19.8 Å². The molecular formula is C11H18O3S. The number of rotatable bonds is 8. The van der Waals surface area contributed by atoms with Crippen LogP contribution >= 0.6 is 11.3 Å². The Bertz CT molecular complexity index is 236. The Morgan fingerprint density at radius 1 is 1.47 bits per heavy atom. The number of ether oxygens (including phenoxy) is 2. The fraction of sp³-hybridized carbons (Fsp3) is 0.636. The molecule has 0 saturated heterocycles. The molecule has 4 heteroatoms. The van der Waals surface area contributed by atoms with Crippen LogP contribution in [0.1, 0.15) is 12.0 Å². The maximum atomic E-state index is 9.58. The lowest BCUT2D eigenvalue weighted by Crippen LogP contribution is -2.17. The highest BCUT2D eigenvalue weighted by molar-refractivity contribution is 7.07. The van der Waals surface area contributed by atoms with Crippen LogP contribution in [0.3, 0.4) is 0 Å². The van der Waals surface area contributed by atoms with Gasteiger partial charge in [0.25, 0.3) is 0 Å². The zero-order valence-electron chi connectivity index (χ0n) is 9.02. The molecule has 1 aromatic heterocycles. The number of aliphatic hydroxyl groups is 1. The van der Waals surface area contributed by atoms with Crippen LogP contribution in [0.25, 0.3) is 0 Å². The number of hydrogen-bond acceptors (Lipinski definition) is 4. The van der Waals surface area contributed by atoms with Gasteiger partial charge in [0.15, 0.2) is 0 Å². The normalized spacial score (nSPS) is 12.9. The molecule has 1 heterocycles. The summed E-state index contributed by atoms with van der Waals surface area (Å²) in [6, 6.07) is 2.09. The van der Waals surface area contributed by atoms with Crippen molar-refractivity contribution in [3.05, 3.63) is 22.4 Å². The van der Waals surface area contributed by atoms with Gasteiger partial charge in [0.1, 0.15) is 0 Å². The lowest BCUT2D eigenvalue weighted by Gasteiger charge is -2.10. The van der Waals surface area contributed by atoms with Gasteiger partial charge in [-0.15, -0.1) is 0 Å². The highest BCUT2D eigenvalue weighted by Crippen LogP contribution is 2.09. The van der Waals surface area contributed by atoms with E-state index in [4.69, 9.17) is 9.47 Å². The van der Waals surface area contributed by atoms with E-state index in [1.165, 1.54) is 5.56 Å². The molecule has 0 amide bonds. The van der Waals surface area contributed by atoms with Crippen LogP contribution in [0.15, 0.2) is 16.8 Å². The Hall–Kier alpha value is -0.420. The first-order chi connectivity index (χ1) is 7.33. The van der Waals surface area contributed by atoms with Crippen LogP contribution in [-0.4, -0.2) is 38.1 Å². The van der Waals surface area contributed by atoms with Crippen molar-refractivity contribution in [3.63, 3.8) is 0 Å². The molecule has 1 atom stereocenters. The number of thiophene rings is 1. The summed E-state index contributed by atoms with van der Waals surface area (Å²) >= 11 is 1.69. The fourth-order valence-corrected chi connectivity index (χ4v) is 1.92. The third-order valence-corrected chi connectivity index (χ3v) is 2.82. The van der Waals surface area contributed by atoms with Gasteiger partial charge in [-0.3, -0.25) is 0 Å². The van der Waals surface area contributed by atoms with E-state index in [9.17, 15) is 5.11 Å². The van der Waals surface area contributed by atoms with Crippen molar-refractivity contribution in [2.75, 3.05) is 26.9 Å². The molecule has 15 heavy (non-hydrogen) atoms. The van der Waals surface area contributed by atoms with Crippen molar-refractivity contribution in [1.82, 2.24) is 0 Å². The number of hydrogen-bond donors (Lipinski definition) is 1. The average molecular weight is 230 g/mol. The summed E-state index contributed by atoms with van der Waals surface area (Å²) in [6.45, 7) is 1.52. The highest BCUT2D eigenvalue weighted by atomic mass is 32.1. The zero-order valence-corrected chi connectivity index (χ0v) is 9.83. The van der Waals surface area contributed by atoms with Gasteiger partial charge in [-0.05, 0) is 35.2 Å². The molecule has 86 valence electrons. The van der Waals surface area contributed by atoms with E-state index in [1.807, 2.05) is 0 Å². The van der Waals surface area contributed by atoms with Crippen LogP contribution in [0.4, 0.5) is 0 Å². The smallest absolute Gasteiger partial charge is 0.0776 e. The third kappa shape index (κ3) is 5.89. The van der Waals surface area contributed by atoms with E-state index in [1.54, 1.807) is 18.4 Å². The second-order valence-electron chi connectivity index (χ2n) is 3.39. The predicted molar refractivity (Wildman–Crippen MR) is 61.3 cm³/mol. The molecule has 0 radical (unpaired) electrons. The SMILES string of the molecule is COCCOCC(O)CCc1ccsc1. The Morgan fingerprint density at radius 2 is 2.33 bits per heavy atom. The zero-order chi connectivity index (χ0) is 10.9. The van der Waals surface area contributed by atoms with Crippen LogP contribution < -0.4 is 0 Å². The summed E-state index contributed by atoms with van der Waals surface area (Å²) in [7, 11) is 1.64. The maximum Gasteiger partial charge on any atom is 0.0776 e. The van der Waals surface area contributed by atoms with Crippen molar-refractivity contribution in [2.24, 2.45) is 0 Å². The highest BCUT2D eigenvalue weighted by Gasteiger charge is 2.04. The lowest BCUT2D eigenvalue weighted by molar-refractivity contribution is 0.0106. The van der Waals surface area contributed by atoms with Gasteiger partial charge in [0, 0.05) is 7.11 Å². The van der Waals surface area contributed by atoms with Gasteiger partial charge in [-0.1, -0.05) is 0 Å². The third-order valence-electron chi connectivity index (χ3n) is 2.09. The van der Waals surface area contributed by atoms with E-state index in [2.05, 4.69) is 16.8 Å². The van der Waals surface area contributed by atoms with Crippen molar-refractivity contribution in [3.8, 4) is 0 Å². The van der Waals surface area contributed by atoms with Crippen LogP contribution in [0, 0.1) is 0 Å². The molecule has 1 aromatic rings. The van der Waals surface area contributed by atoms with Crippen LogP contribution in [0.5, 0.6) is 0 Å². The van der Waals surface area contributed by atoms with E-state index >= 15 is 0 Å². The Labute approximate surface area is 94.6 Å². The van der Waals surface area contributed by atoms with Gasteiger partial charge in [-0.2, -0.15) is 11.3 Å². The summed E-state index contributed by atoms with van der Waals surface area (Å²) < 4.78 is 10.1. The van der Waals surface area contributed by atoms with E-state index in [-0.39, 0.29) is 6.10 Å². The second-order valence-corrected chi connectivity index (χ2v) is 4.17. The number of aryl methyl sites for hydroxylation is 1. The summed E-state index contributed by atoms with van der Waals surface area (Å²) in [5.74, 6) is 0. The van der Waals surface area contributed by atoms with Crippen molar-refractivity contribution in [1.29, 1.82) is 0 Å². The quantitative estimate of drug-likeness (QED) is 0.691. The standard InChI is InChI=1S/C11H18O3S/c1-13-5-6-14-8-11(12)3-2-10-4-7-15-9-10/h4,7,9,11-12H,2-3,5-6,8H2,1H3. The molecular weight excluding hydrogens is 212 g/mol. The molecule has 0 saturated carbocycles. The minimum Gasteiger partial charge on any atom is -0.391 e. The first-order valence-electron chi connectivity index (χ1n) is 5.08. The molecule has 0 aliphatic rings. The molecule has 1 N–H and O–H groups in total. The first-order valence-corrected chi connectivity index (χ1v) is 6.03. The average Bonchev–Trinajstić information content (AvgIpc) is 2.74. The van der Waals surface area contributed by atoms with Gasteiger partial charge in [-0.25, -0.2) is 0 Å². The molecule has 0 fully saturated rings. The monoisotopic (exact) mass is 230 g/mol. The summed E-state index contributed by atoms with van der Waals surface area (Å²) in [4.78, 5) is 0. The van der Waals surface area contributed by atoms with E-state index in [0.717, 1.165) is 12.8 Å². The topological polar surface area (TPSA) is 38.7 Å². The molecule has 0 spiro atoms. The number of aliphatic hydroxyl groups excluding tert-OH is 1. The predicted octanol–water partition coefficient (Wildman–Crippen LogP) is 1.70. The summed E-state index contributed by atoms with van der Waals surface area (Å²) in [5, 5.41) is 13.7. The van der Waals surface area contributed by atoms with E-state index < -0.39 is 0 Å². The van der Waals surface area contributed by atoms with Gasteiger partial charge in [0.05, 0.1) is 25.9 Å². The van der Waals surface area contributed by atoms with Crippen molar-refractivity contribution in [2.45, 2.75) is 18.9 Å². The summed E-state index contributed by atoms with van der Waals surface area (Å²) in [5.41, 5.74) is 1.29. The Balaban J connectivity index is 2.01. The fourth-order valence-electron chi connectivity index (χ4n) is 1.21.